The summed E-state index contributed by atoms with van der Waals surface area (Å²) in [6, 6.07) is 18.4. The second-order valence-electron chi connectivity index (χ2n) is 13.8. The molecule has 7 rings (SSSR count). The van der Waals surface area contributed by atoms with Gasteiger partial charge in [-0.2, -0.15) is 4.98 Å². The third kappa shape index (κ3) is 5.84. The number of pyridine rings is 1. The van der Waals surface area contributed by atoms with Gasteiger partial charge in [0.05, 0.1) is 17.8 Å². The summed E-state index contributed by atoms with van der Waals surface area (Å²) in [5.74, 6) is -0.437. The van der Waals surface area contributed by atoms with Gasteiger partial charge in [-0.3, -0.25) is 4.90 Å². The Labute approximate surface area is 275 Å². The minimum Gasteiger partial charge on any atom is -0.478 e. The van der Waals surface area contributed by atoms with Gasteiger partial charge < -0.3 is 24.6 Å². The van der Waals surface area contributed by atoms with Crippen molar-refractivity contribution in [1.29, 1.82) is 0 Å². The molecule has 0 spiro atoms. The molecule has 9 heteroatoms. The second-order valence-corrected chi connectivity index (χ2v) is 14.3. The monoisotopic (exact) mass is 639 g/mol. The van der Waals surface area contributed by atoms with Gasteiger partial charge in [0.15, 0.2) is 0 Å². The molecular weight excluding hydrogens is 598 g/mol. The Hall–Kier alpha value is -4.01. The minimum absolute atomic E-state index is 0.153. The first-order valence-electron chi connectivity index (χ1n) is 16.3. The highest BCUT2D eigenvalue weighted by Crippen LogP contribution is 2.45. The molecular formula is C37H42ClN5O3. The van der Waals surface area contributed by atoms with E-state index in [1.807, 2.05) is 49.5 Å². The van der Waals surface area contributed by atoms with E-state index in [0.717, 1.165) is 66.5 Å². The van der Waals surface area contributed by atoms with Gasteiger partial charge in [-0.05, 0) is 97.7 Å². The number of carboxylic acid groups (broad SMARTS) is 1. The summed E-state index contributed by atoms with van der Waals surface area (Å²) in [5, 5.41) is 11.9. The molecule has 1 aliphatic carbocycles. The Bertz CT molecular complexity index is 1810. The molecule has 0 saturated carbocycles. The van der Waals surface area contributed by atoms with Crippen LogP contribution in [0.4, 0.5) is 17.1 Å². The van der Waals surface area contributed by atoms with Gasteiger partial charge in [0, 0.05) is 54.5 Å². The summed E-state index contributed by atoms with van der Waals surface area (Å²) in [7, 11) is 0. The lowest BCUT2D eigenvalue weighted by atomic mass is 9.71. The van der Waals surface area contributed by atoms with E-state index in [-0.39, 0.29) is 17.1 Å². The fourth-order valence-electron chi connectivity index (χ4n) is 7.46. The number of ether oxygens (including phenoxy) is 1. The van der Waals surface area contributed by atoms with Crippen LogP contribution < -0.4 is 14.5 Å². The summed E-state index contributed by atoms with van der Waals surface area (Å²) >= 11 is 6.24. The highest BCUT2D eigenvalue weighted by Gasteiger charge is 2.34. The molecule has 1 saturated heterocycles. The number of halogens is 1. The maximum Gasteiger partial charge on any atom is 0.337 e. The molecule has 4 heterocycles. The maximum absolute atomic E-state index is 12.5. The first-order chi connectivity index (χ1) is 22.1. The molecule has 2 aromatic heterocycles. The summed E-state index contributed by atoms with van der Waals surface area (Å²) in [6.45, 7) is 13.2. The van der Waals surface area contributed by atoms with Gasteiger partial charge in [-0.25, -0.2) is 4.79 Å². The molecule has 1 fully saturated rings. The van der Waals surface area contributed by atoms with Crippen molar-refractivity contribution in [1.82, 2.24) is 14.9 Å². The largest absolute Gasteiger partial charge is 0.478 e. The van der Waals surface area contributed by atoms with Crippen LogP contribution in [-0.4, -0.2) is 70.8 Å². The van der Waals surface area contributed by atoms with Crippen LogP contribution in [0.25, 0.3) is 16.6 Å². The smallest absolute Gasteiger partial charge is 0.337 e. The predicted octanol–water partition coefficient (Wildman–Crippen LogP) is 8.01. The summed E-state index contributed by atoms with van der Waals surface area (Å²) in [4.78, 5) is 27.4. The van der Waals surface area contributed by atoms with Crippen LogP contribution in [0.3, 0.4) is 0 Å². The van der Waals surface area contributed by atoms with Crippen molar-refractivity contribution in [3.63, 3.8) is 0 Å². The number of benzene rings is 2. The molecule has 1 unspecified atom stereocenters. The molecule has 2 N–H and O–H groups in total. The van der Waals surface area contributed by atoms with Crippen LogP contribution in [0.1, 0.15) is 62.9 Å². The van der Waals surface area contributed by atoms with Crippen molar-refractivity contribution < 1.29 is 14.6 Å². The Kier molecular flexibility index (Phi) is 7.97. The molecule has 46 heavy (non-hydrogen) atoms. The molecule has 0 radical (unpaired) electrons. The number of carbonyl (C=O) groups is 1. The number of aromatic carboxylic acids is 1. The SMILES string of the molecule is CC(C1=C(c2ccc(Cl)cc2)CC(C)(C)CC1)N1CCN(c2ccc(C(=O)O)c(N3C[C@H](C)Oc4nc5[nH]ccc5cc43)c2)CC1. The number of rotatable bonds is 6. The third-order valence-electron chi connectivity index (χ3n) is 10.1. The normalized spacial score (nSPS) is 20.8. The summed E-state index contributed by atoms with van der Waals surface area (Å²) in [6.07, 6.45) is 5.07. The van der Waals surface area contributed by atoms with Gasteiger partial charge in [0.2, 0.25) is 5.88 Å². The molecule has 2 aliphatic heterocycles. The fourth-order valence-corrected chi connectivity index (χ4v) is 7.58. The van der Waals surface area contributed by atoms with E-state index in [2.05, 4.69) is 52.6 Å². The molecule has 2 atom stereocenters. The standard InChI is InChI=1S/C37H42ClN5O3/c1-23-22-43(33-19-26-12-14-39-34(26)40-35(33)46-23)32-20-28(9-10-30(32)36(44)45)42-17-15-41(16-18-42)24(2)29-11-13-37(3,4)21-31(29)25-5-7-27(38)8-6-25/h5-10,12,14,19-20,23-24H,11,13,15-18,21-22H2,1-4H3,(H,39,40)(H,44,45)/t23-,24?/m0/s1. The van der Waals surface area contributed by atoms with E-state index in [0.29, 0.717) is 24.2 Å². The summed E-state index contributed by atoms with van der Waals surface area (Å²) < 4.78 is 6.10. The number of hydrogen-bond acceptors (Lipinski definition) is 6. The Balaban J connectivity index is 1.14. The minimum atomic E-state index is -0.947. The van der Waals surface area contributed by atoms with Crippen molar-refractivity contribution in [2.75, 3.05) is 42.5 Å². The second kappa shape index (κ2) is 12.0. The maximum atomic E-state index is 12.5. The first kappa shape index (κ1) is 30.6. The summed E-state index contributed by atoms with van der Waals surface area (Å²) in [5.41, 5.74) is 8.09. The molecule has 8 nitrogen and oxygen atoms in total. The first-order valence-corrected chi connectivity index (χ1v) is 16.7. The Morgan fingerprint density at radius 3 is 2.57 bits per heavy atom. The number of nitrogens with one attached hydrogen (secondary N) is 1. The van der Waals surface area contributed by atoms with Crippen LogP contribution in [0.15, 0.2) is 66.4 Å². The van der Waals surface area contributed by atoms with E-state index < -0.39 is 5.97 Å². The van der Waals surface area contributed by atoms with E-state index in [4.69, 9.17) is 21.3 Å². The lowest BCUT2D eigenvalue weighted by Gasteiger charge is -2.43. The van der Waals surface area contributed by atoms with Gasteiger partial charge in [-0.1, -0.05) is 37.6 Å². The predicted molar refractivity (Wildman–Crippen MR) is 186 cm³/mol. The average molecular weight is 640 g/mol. The number of carboxylic acids is 1. The van der Waals surface area contributed by atoms with Gasteiger partial charge in [-0.15, -0.1) is 0 Å². The van der Waals surface area contributed by atoms with E-state index in [1.165, 1.54) is 17.6 Å². The number of piperazine rings is 1. The zero-order valence-electron chi connectivity index (χ0n) is 27.0. The third-order valence-corrected chi connectivity index (χ3v) is 10.3. The number of anilines is 3. The van der Waals surface area contributed by atoms with Crippen molar-refractivity contribution in [2.45, 2.75) is 59.1 Å². The zero-order valence-corrected chi connectivity index (χ0v) is 27.8. The Morgan fingerprint density at radius 1 is 1.07 bits per heavy atom. The van der Waals surface area contributed by atoms with Gasteiger partial charge in [0.25, 0.3) is 0 Å². The van der Waals surface area contributed by atoms with Crippen LogP contribution in [-0.2, 0) is 0 Å². The van der Waals surface area contributed by atoms with Crippen LogP contribution in [0, 0.1) is 5.41 Å². The van der Waals surface area contributed by atoms with Crippen molar-refractivity contribution >= 4 is 51.2 Å². The number of H-pyrrole nitrogens is 1. The van der Waals surface area contributed by atoms with Crippen molar-refractivity contribution in [3.05, 3.63) is 82.5 Å². The fraction of sp³-hybridized carbons (Fsp3) is 0.405. The number of aromatic amines is 1. The highest BCUT2D eigenvalue weighted by molar-refractivity contribution is 6.30. The number of nitrogens with zero attached hydrogens (tertiary/aromatic N) is 4. The van der Waals surface area contributed by atoms with E-state index >= 15 is 0 Å². The Morgan fingerprint density at radius 2 is 1.83 bits per heavy atom. The molecule has 4 aromatic rings. The highest BCUT2D eigenvalue weighted by atomic mass is 35.5. The zero-order chi connectivity index (χ0) is 32.2. The van der Waals surface area contributed by atoms with Crippen molar-refractivity contribution in [2.24, 2.45) is 5.41 Å². The van der Waals surface area contributed by atoms with Gasteiger partial charge >= 0.3 is 5.97 Å². The van der Waals surface area contributed by atoms with Crippen LogP contribution >= 0.6 is 11.6 Å². The molecule has 0 bridgehead atoms. The van der Waals surface area contributed by atoms with E-state index in [1.54, 1.807) is 11.6 Å². The quantitative estimate of drug-likeness (QED) is 0.221. The van der Waals surface area contributed by atoms with Gasteiger partial charge in [0.1, 0.15) is 17.4 Å². The molecule has 3 aliphatic rings. The lowest BCUT2D eigenvalue weighted by Crippen LogP contribution is -2.50. The van der Waals surface area contributed by atoms with E-state index in [9.17, 15) is 9.90 Å². The topological polar surface area (TPSA) is 84.9 Å². The van der Waals surface area contributed by atoms with Crippen LogP contribution in [0.5, 0.6) is 5.88 Å². The molecule has 2 aromatic carbocycles. The number of aromatic nitrogens is 2. The number of fused-ring (bicyclic) bond motifs is 2. The number of hydrogen-bond donors (Lipinski definition) is 2. The molecule has 240 valence electrons. The van der Waals surface area contributed by atoms with Crippen LogP contribution in [0.2, 0.25) is 5.02 Å². The lowest BCUT2D eigenvalue weighted by molar-refractivity contribution is 0.0697. The van der Waals surface area contributed by atoms with Crippen molar-refractivity contribution in [3.8, 4) is 5.88 Å². The average Bonchev–Trinajstić information content (AvgIpc) is 3.50. The molecule has 0 amide bonds. The number of allylic oxidation sites excluding steroid dienone is 1.